The van der Waals surface area contributed by atoms with Crippen molar-refractivity contribution < 1.29 is 9.53 Å². The van der Waals surface area contributed by atoms with Crippen LogP contribution in [0.4, 0.5) is 5.82 Å². The van der Waals surface area contributed by atoms with Crippen LogP contribution in [0.25, 0.3) is 11.2 Å². The molecule has 2 aromatic rings. The van der Waals surface area contributed by atoms with Crippen molar-refractivity contribution in [2.75, 3.05) is 5.73 Å². The highest BCUT2D eigenvalue weighted by atomic mass is 16.5. The molecular formula is C11H15N5O2. The van der Waals surface area contributed by atoms with Crippen molar-refractivity contribution in [2.45, 2.75) is 27.5 Å². The average molecular weight is 249 g/mol. The van der Waals surface area contributed by atoms with Crippen LogP contribution in [0.5, 0.6) is 0 Å². The molecule has 0 unspecified atom stereocenters. The molecule has 0 saturated heterocycles. The Morgan fingerprint density at radius 1 is 1.39 bits per heavy atom. The van der Waals surface area contributed by atoms with Crippen LogP contribution in [-0.2, 0) is 16.3 Å². The van der Waals surface area contributed by atoms with E-state index in [1.165, 1.54) is 12.7 Å². The number of nitrogen functional groups attached to an aromatic ring is 1. The van der Waals surface area contributed by atoms with Gasteiger partial charge in [-0.15, -0.1) is 0 Å². The van der Waals surface area contributed by atoms with Gasteiger partial charge in [0.1, 0.15) is 18.2 Å². The minimum Gasteiger partial charge on any atom is -0.443 e. The maximum absolute atomic E-state index is 11.7. The van der Waals surface area contributed by atoms with Gasteiger partial charge in [0.15, 0.2) is 18.2 Å². The maximum atomic E-state index is 11.7. The number of rotatable bonds is 2. The van der Waals surface area contributed by atoms with E-state index < -0.39 is 5.41 Å². The van der Waals surface area contributed by atoms with Gasteiger partial charge in [0, 0.05) is 0 Å². The lowest BCUT2D eigenvalue weighted by atomic mass is 9.98. The van der Waals surface area contributed by atoms with Gasteiger partial charge >= 0.3 is 5.97 Å². The lowest BCUT2D eigenvalue weighted by Crippen LogP contribution is -2.24. The van der Waals surface area contributed by atoms with Crippen molar-refractivity contribution in [1.29, 1.82) is 0 Å². The first-order valence-corrected chi connectivity index (χ1v) is 5.48. The van der Waals surface area contributed by atoms with Crippen molar-refractivity contribution in [3.05, 3.63) is 12.7 Å². The topological polar surface area (TPSA) is 95.9 Å². The SMILES string of the molecule is CC(C)(C)C(=O)OCn1cnc2ncnc(N)c21. The van der Waals surface area contributed by atoms with Crippen molar-refractivity contribution in [3.63, 3.8) is 0 Å². The Morgan fingerprint density at radius 3 is 2.78 bits per heavy atom. The zero-order chi connectivity index (χ0) is 13.3. The number of anilines is 1. The first-order chi connectivity index (χ1) is 8.39. The third kappa shape index (κ3) is 2.24. The summed E-state index contributed by atoms with van der Waals surface area (Å²) in [6, 6.07) is 0. The van der Waals surface area contributed by atoms with E-state index in [0.717, 1.165) is 0 Å². The highest BCUT2D eigenvalue weighted by molar-refractivity contribution is 5.81. The van der Waals surface area contributed by atoms with Gasteiger partial charge in [-0.25, -0.2) is 15.0 Å². The van der Waals surface area contributed by atoms with Gasteiger partial charge in [-0.1, -0.05) is 0 Å². The highest BCUT2D eigenvalue weighted by Crippen LogP contribution is 2.18. The molecule has 2 N–H and O–H groups in total. The van der Waals surface area contributed by atoms with Crippen LogP contribution >= 0.6 is 0 Å². The minimum atomic E-state index is -0.543. The number of carbonyl (C=O) groups excluding carboxylic acids is 1. The normalized spacial score (nSPS) is 11.7. The lowest BCUT2D eigenvalue weighted by molar-refractivity contribution is -0.156. The molecule has 2 aromatic heterocycles. The standard InChI is InChI=1S/C11H15N5O2/c1-11(2,3)10(17)18-6-16-5-15-9-7(16)8(12)13-4-14-9/h4-5H,6H2,1-3H3,(H2,12,13,14). The molecule has 0 aliphatic rings. The second-order valence-electron chi connectivity index (χ2n) is 4.96. The Labute approximate surface area is 104 Å². The summed E-state index contributed by atoms with van der Waals surface area (Å²) in [5, 5.41) is 0. The second-order valence-corrected chi connectivity index (χ2v) is 4.96. The fourth-order valence-electron chi connectivity index (χ4n) is 1.38. The summed E-state index contributed by atoms with van der Waals surface area (Å²) >= 11 is 0. The van der Waals surface area contributed by atoms with E-state index in [1.54, 1.807) is 25.3 Å². The molecule has 7 nitrogen and oxygen atoms in total. The quantitative estimate of drug-likeness (QED) is 0.796. The van der Waals surface area contributed by atoms with Crippen molar-refractivity contribution in [3.8, 4) is 0 Å². The molecule has 0 radical (unpaired) electrons. The first-order valence-electron chi connectivity index (χ1n) is 5.48. The second kappa shape index (κ2) is 4.25. The van der Waals surface area contributed by atoms with Crippen LogP contribution in [0.1, 0.15) is 20.8 Å². The van der Waals surface area contributed by atoms with Crippen LogP contribution in [0.15, 0.2) is 12.7 Å². The molecule has 0 bridgehead atoms. The number of nitrogens with two attached hydrogens (primary N) is 1. The van der Waals surface area contributed by atoms with Gasteiger partial charge in [-0.3, -0.25) is 9.36 Å². The molecule has 2 heterocycles. The van der Waals surface area contributed by atoms with E-state index in [1.807, 2.05) is 0 Å². The fraction of sp³-hybridized carbons (Fsp3) is 0.455. The number of carbonyl (C=O) groups is 1. The van der Waals surface area contributed by atoms with Crippen LogP contribution in [0.3, 0.4) is 0 Å². The number of imidazole rings is 1. The molecule has 0 aromatic carbocycles. The molecule has 0 aliphatic carbocycles. The highest BCUT2D eigenvalue weighted by Gasteiger charge is 2.23. The number of fused-ring (bicyclic) bond motifs is 1. The van der Waals surface area contributed by atoms with E-state index in [-0.39, 0.29) is 12.7 Å². The molecule has 0 fully saturated rings. The van der Waals surface area contributed by atoms with E-state index in [9.17, 15) is 4.79 Å². The third-order valence-electron chi connectivity index (χ3n) is 2.38. The Balaban J connectivity index is 2.21. The molecule has 96 valence electrons. The zero-order valence-electron chi connectivity index (χ0n) is 10.5. The molecule has 0 amide bonds. The summed E-state index contributed by atoms with van der Waals surface area (Å²) in [6.07, 6.45) is 2.86. The minimum absolute atomic E-state index is 0.0458. The summed E-state index contributed by atoms with van der Waals surface area (Å²) < 4.78 is 6.79. The summed E-state index contributed by atoms with van der Waals surface area (Å²) in [6.45, 7) is 5.42. The lowest BCUT2D eigenvalue weighted by Gasteiger charge is -2.16. The number of esters is 1. The van der Waals surface area contributed by atoms with Crippen LogP contribution in [0.2, 0.25) is 0 Å². The predicted molar refractivity (Wildman–Crippen MR) is 65.3 cm³/mol. The summed E-state index contributed by atoms with van der Waals surface area (Å²) in [4.78, 5) is 23.6. The maximum Gasteiger partial charge on any atom is 0.312 e. The van der Waals surface area contributed by atoms with Gasteiger partial charge in [-0.2, -0.15) is 0 Å². The molecule has 0 spiro atoms. The van der Waals surface area contributed by atoms with Gasteiger partial charge in [0.2, 0.25) is 0 Å². The largest absolute Gasteiger partial charge is 0.443 e. The number of nitrogens with zero attached hydrogens (tertiary/aromatic N) is 4. The fourth-order valence-corrected chi connectivity index (χ4v) is 1.38. The van der Waals surface area contributed by atoms with Gasteiger partial charge in [-0.05, 0) is 20.8 Å². The molecule has 0 aliphatic heterocycles. The van der Waals surface area contributed by atoms with Crippen molar-refractivity contribution in [2.24, 2.45) is 5.41 Å². The Hall–Kier alpha value is -2.18. The Morgan fingerprint density at radius 2 is 2.11 bits per heavy atom. The number of ether oxygens (including phenoxy) is 1. The molecular weight excluding hydrogens is 234 g/mol. The van der Waals surface area contributed by atoms with E-state index in [4.69, 9.17) is 10.5 Å². The average Bonchev–Trinajstić information content (AvgIpc) is 2.69. The number of hydrogen-bond donors (Lipinski definition) is 1. The monoisotopic (exact) mass is 249 g/mol. The molecule has 0 atom stereocenters. The van der Waals surface area contributed by atoms with E-state index >= 15 is 0 Å². The van der Waals surface area contributed by atoms with Gasteiger partial charge in [0.05, 0.1) is 5.41 Å². The Kier molecular flexibility index (Phi) is 2.90. The van der Waals surface area contributed by atoms with Gasteiger partial charge < -0.3 is 10.5 Å². The smallest absolute Gasteiger partial charge is 0.312 e. The predicted octanol–water partition coefficient (Wildman–Crippen LogP) is 0.955. The third-order valence-corrected chi connectivity index (χ3v) is 2.38. The summed E-state index contributed by atoms with van der Waals surface area (Å²) in [5.74, 6) is 0.0177. The van der Waals surface area contributed by atoms with Gasteiger partial charge in [0.25, 0.3) is 0 Å². The number of aromatic nitrogens is 4. The van der Waals surface area contributed by atoms with Crippen LogP contribution < -0.4 is 5.73 Å². The number of hydrogen-bond acceptors (Lipinski definition) is 6. The molecule has 0 saturated carbocycles. The van der Waals surface area contributed by atoms with Crippen molar-refractivity contribution in [1.82, 2.24) is 19.5 Å². The van der Waals surface area contributed by atoms with Crippen LogP contribution in [0, 0.1) is 5.41 Å². The first kappa shape index (κ1) is 12.3. The zero-order valence-corrected chi connectivity index (χ0v) is 10.5. The summed E-state index contributed by atoms with van der Waals surface area (Å²) in [7, 11) is 0. The summed E-state index contributed by atoms with van der Waals surface area (Å²) in [5.41, 5.74) is 6.25. The van der Waals surface area contributed by atoms with E-state index in [2.05, 4.69) is 15.0 Å². The van der Waals surface area contributed by atoms with E-state index in [0.29, 0.717) is 17.0 Å². The molecule has 2 rings (SSSR count). The Bertz CT molecular complexity index is 585. The molecule has 18 heavy (non-hydrogen) atoms. The van der Waals surface area contributed by atoms with Crippen molar-refractivity contribution >= 4 is 23.0 Å². The van der Waals surface area contributed by atoms with Crippen LogP contribution in [-0.4, -0.2) is 25.5 Å². The molecule has 7 heteroatoms.